The Labute approximate surface area is 121 Å². The Morgan fingerprint density at radius 2 is 1.81 bits per heavy atom. The van der Waals surface area contributed by atoms with Gasteiger partial charge in [0, 0.05) is 23.9 Å². The number of carbonyl (C=O) groups is 1. The van der Waals surface area contributed by atoms with Gasteiger partial charge in [-0.25, -0.2) is 15.0 Å². The first kappa shape index (κ1) is 12.9. The fraction of sp³-hybridized carbons (Fsp3) is 0. The predicted octanol–water partition coefficient (Wildman–Crippen LogP) is 2.68. The molecule has 1 N–H and O–H groups in total. The van der Waals surface area contributed by atoms with Crippen LogP contribution in [0.15, 0.2) is 60.9 Å². The Morgan fingerprint density at radius 3 is 2.67 bits per heavy atom. The molecule has 0 aliphatic rings. The van der Waals surface area contributed by atoms with E-state index in [4.69, 9.17) is 0 Å². The molecular weight excluding hydrogens is 264 g/mol. The number of aromatic nitrogens is 3. The number of benzene rings is 1. The molecule has 0 aliphatic heterocycles. The number of pyridine rings is 1. The number of hydrogen-bond donors (Lipinski definition) is 1. The average molecular weight is 276 g/mol. The summed E-state index contributed by atoms with van der Waals surface area (Å²) in [6.45, 7) is 0. The van der Waals surface area contributed by atoms with E-state index >= 15 is 0 Å². The van der Waals surface area contributed by atoms with Crippen LogP contribution in [0.5, 0.6) is 0 Å². The topological polar surface area (TPSA) is 67.8 Å². The minimum atomic E-state index is -0.295. The van der Waals surface area contributed by atoms with Crippen molar-refractivity contribution in [1.29, 1.82) is 0 Å². The zero-order valence-corrected chi connectivity index (χ0v) is 11.1. The molecule has 1 aromatic carbocycles. The minimum Gasteiger partial charge on any atom is -0.291 e. The summed E-state index contributed by atoms with van der Waals surface area (Å²) in [6.07, 6.45) is 6.20. The van der Waals surface area contributed by atoms with Crippen LogP contribution in [0.4, 0.5) is 5.95 Å². The molecular formula is C16H12N4O. The molecule has 0 fully saturated rings. The molecule has 0 aliphatic carbocycles. The molecule has 0 bridgehead atoms. The van der Waals surface area contributed by atoms with Gasteiger partial charge in [-0.2, -0.15) is 0 Å². The first-order chi connectivity index (χ1) is 10.3. The van der Waals surface area contributed by atoms with Gasteiger partial charge in [0.2, 0.25) is 5.95 Å². The fourth-order valence-electron chi connectivity index (χ4n) is 1.85. The molecule has 2 aromatic heterocycles. The summed E-state index contributed by atoms with van der Waals surface area (Å²) in [7, 11) is 0. The van der Waals surface area contributed by atoms with Crippen molar-refractivity contribution in [2.75, 3.05) is 5.32 Å². The lowest BCUT2D eigenvalue weighted by Crippen LogP contribution is -2.10. The molecule has 0 saturated carbocycles. The summed E-state index contributed by atoms with van der Waals surface area (Å²) in [5.74, 6) is -0.0187. The van der Waals surface area contributed by atoms with Gasteiger partial charge in [0.1, 0.15) is 0 Å². The zero-order chi connectivity index (χ0) is 14.5. The van der Waals surface area contributed by atoms with Crippen molar-refractivity contribution in [1.82, 2.24) is 15.0 Å². The highest BCUT2D eigenvalue weighted by molar-refractivity contribution is 6.00. The van der Waals surface area contributed by atoms with Crippen LogP contribution in [-0.4, -0.2) is 20.9 Å². The second kappa shape index (κ2) is 5.92. The highest BCUT2D eigenvalue weighted by Crippen LogP contribution is 2.12. The minimum absolute atomic E-state index is 0.277. The average Bonchev–Trinajstić information content (AvgIpc) is 2.54. The Bertz CT molecular complexity index is 799. The van der Waals surface area contributed by atoms with Crippen molar-refractivity contribution in [3.05, 3.63) is 66.6 Å². The second-order valence-corrected chi connectivity index (χ2v) is 4.32. The molecule has 0 saturated heterocycles. The standard InChI is InChI=1S/C16H12N4O/c21-15(20-16-17-10-3-11-18-16)9-8-13-7-6-12-4-1-2-5-14(12)19-13/h1-11H,(H,17,18,20,21)/b9-8+. The summed E-state index contributed by atoms with van der Waals surface area (Å²) in [6, 6.07) is 13.4. The van der Waals surface area contributed by atoms with Crippen molar-refractivity contribution in [2.24, 2.45) is 0 Å². The van der Waals surface area contributed by atoms with Crippen molar-refractivity contribution < 1.29 is 4.79 Å². The van der Waals surface area contributed by atoms with E-state index in [0.717, 1.165) is 16.6 Å². The number of para-hydroxylation sites is 1. The van der Waals surface area contributed by atoms with Gasteiger partial charge in [-0.05, 0) is 24.3 Å². The van der Waals surface area contributed by atoms with Crippen LogP contribution in [0.3, 0.4) is 0 Å². The van der Waals surface area contributed by atoms with Gasteiger partial charge in [0.25, 0.3) is 5.91 Å². The van der Waals surface area contributed by atoms with Gasteiger partial charge < -0.3 is 0 Å². The molecule has 0 atom stereocenters. The number of anilines is 1. The fourth-order valence-corrected chi connectivity index (χ4v) is 1.85. The molecule has 3 rings (SSSR count). The summed E-state index contributed by atoms with van der Waals surface area (Å²) >= 11 is 0. The molecule has 21 heavy (non-hydrogen) atoms. The van der Waals surface area contributed by atoms with Crippen LogP contribution in [0.2, 0.25) is 0 Å². The predicted molar refractivity (Wildman–Crippen MR) is 81.4 cm³/mol. The van der Waals surface area contributed by atoms with E-state index in [1.54, 1.807) is 24.5 Å². The lowest BCUT2D eigenvalue weighted by molar-refractivity contribution is -0.111. The van der Waals surface area contributed by atoms with E-state index < -0.39 is 0 Å². The third-order valence-electron chi connectivity index (χ3n) is 2.83. The smallest absolute Gasteiger partial charge is 0.250 e. The molecule has 0 unspecified atom stereocenters. The Balaban J connectivity index is 1.73. The van der Waals surface area contributed by atoms with E-state index in [0.29, 0.717) is 0 Å². The SMILES string of the molecule is O=C(/C=C/c1ccc2ccccc2n1)Nc1ncccn1. The van der Waals surface area contributed by atoms with Gasteiger partial charge in [-0.3, -0.25) is 10.1 Å². The molecule has 0 spiro atoms. The maximum absolute atomic E-state index is 11.7. The van der Waals surface area contributed by atoms with Gasteiger partial charge in [0.05, 0.1) is 11.2 Å². The van der Waals surface area contributed by atoms with E-state index in [9.17, 15) is 4.79 Å². The Hall–Kier alpha value is -3.08. The second-order valence-electron chi connectivity index (χ2n) is 4.32. The van der Waals surface area contributed by atoms with Crippen LogP contribution < -0.4 is 5.32 Å². The first-order valence-corrected chi connectivity index (χ1v) is 6.43. The van der Waals surface area contributed by atoms with Crippen LogP contribution in [0.25, 0.3) is 17.0 Å². The van der Waals surface area contributed by atoms with E-state index in [-0.39, 0.29) is 11.9 Å². The van der Waals surface area contributed by atoms with Gasteiger partial charge >= 0.3 is 0 Å². The number of rotatable bonds is 3. The largest absolute Gasteiger partial charge is 0.291 e. The zero-order valence-electron chi connectivity index (χ0n) is 11.1. The molecule has 5 heteroatoms. The number of nitrogens with zero attached hydrogens (tertiary/aromatic N) is 3. The van der Waals surface area contributed by atoms with Crippen LogP contribution in [0.1, 0.15) is 5.69 Å². The van der Waals surface area contributed by atoms with Crippen molar-refractivity contribution in [3.8, 4) is 0 Å². The van der Waals surface area contributed by atoms with Gasteiger partial charge in [0.15, 0.2) is 0 Å². The molecule has 102 valence electrons. The molecule has 5 nitrogen and oxygen atoms in total. The highest BCUT2D eigenvalue weighted by Gasteiger charge is 2.00. The van der Waals surface area contributed by atoms with Crippen molar-refractivity contribution in [2.45, 2.75) is 0 Å². The van der Waals surface area contributed by atoms with Gasteiger partial charge in [-0.1, -0.05) is 24.3 Å². The summed E-state index contributed by atoms with van der Waals surface area (Å²) in [4.78, 5) is 24.0. The number of amides is 1. The van der Waals surface area contributed by atoms with Crippen LogP contribution in [-0.2, 0) is 4.79 Å². The lowest BCUT2D eigenvalue weighted by atomic mass is 10.2. The van der Waals surface area contributed by atoms with Crippen LogP contribution in [0, 0.1) is 0 Å². The third kappa shape index (κ3) is 3.27. The third-order valence-corrected chi connectivity index (χ3v) is 2.83. The number of carbonyl (C=O) groups excluding carboxylic acids is 1. The monoisotopic (exact) mass is 276 g/mol. The number of hydrogen-bond acceptors (Lipinski definition) is 4. The number of fused-ring (bicyclic) bond motifs is 1. The van der Waals surface area contributed by atoms with Crippen molar-refractivity contribution in [3.63, 3.8) is 0 Å². The summed E-state index contributed by atoms with van der Waals surface area (Å²) in [5, 5.41) is 3.64. The maximum Gasteiger partial charge on any atom is 0.250 e. The first-order valence-electron chi connectivity index (χ1n) is 6.43. The summed E-state index contributed by atoms with van der Waals surface area (Å²) < 4.78 is 0. The Morgan fingerprint density at radius 1 is 1.00 bits per heavy atom. The quantitative estimate of drug-likeness (QED) is 0.747. The normalized spacial score (nSPS) is 10.9. The molecule has 2 heterocycles. The van der Waals surface area contributed by atoms with Crippen molar-refractivity contribution >= 4 is 28.8 Å². The van der Waals surface area contributed by atoms with E-state index in [2.05, 4.69) is 20.3 Å². The van der Waals surface area contributed by atoms with Gasteiger partial charge in [-0.15, -0.1) is 0 Å². The molecule has 1 amide bonds. The Kier molecular flexibility index (Phi) is 3.64. The maximum atomic E-state index is 11.7. The van der Waals surface area contributed by atoms with E-state index in [1.807, 2.05) is 36.4 Å². The highest BCUT2D eigenvalue weighted by atomic mass is 16.1. The number of nitrogens with one attached hydrogen (secondary N) is 1. The van der Waals surface area contributed by atoms with E-state index in [1.165, 1.54) is 6.08 Å². The lowest BCUT2D eigenvalue weighted by Gasteiger charge is -1.99. The molecule has 3 aromatic rings. The molecule has 0 radical (unpaired) electrons. The van der Waals surface area contributed by atoms with Crippen LogP contribution >= 0.6 is 0 Å². The summed E-state index contributed by atoms with van der Waals surface area (Å²) in [5.41, 5.74) is 1.62.